The molecule has 5 heteroatoms. The summed E-state index contributed by atoms with van der Waals surface area (Å²) in [4.78, 5) is 0. The number of benzene rings is 1. The van der Waals surface area contributed by atoms with Gasteiger partial charge in [0, 0.05) is 6.54 Å². The molecule has 0 spiro atoms. The molecule has 0 radical (unpaired) electrons. The lowest BCUT2D eigenvalue weighted by atomic mass is 10.1. The number of nitrogens with one attached hydrogen (secondary N) is 1. The van der Waals surface area contributed by atoms with E-state index in [1.54, 1.807) is 13.0 Å². The number of nitriles is 1. The van der Waals surface area contributed by atoms with Gasteiger partial charge in [0.2, 0.25) is 10.0 Å². The molecule has 1 aromatic carbocycles. The molecule has 98 valence electrons. The average Bonchev–Trinajstić information content (AvgIpc) is 2.38. The smallest absolute Gasteiger partial charge is 0.211 e. The predicted octanol–water partition coefficient (Wildman–Crippen LogP) is 1.97. The van der Waals surface area contributed by atoms with Gasteiger partial charge >= 0.3 is 0 Å². The zero-order valence-corrected chi connectivity index (χ0v) is 11.5. The van der Waals surface area contributed by atoms with Crippen LogP contribution in [0.1, 0.15) is 31.4 Å². The second-order valence-corrected chi connectivity index (χ2v) is 6.01. The summed E-state index contributed by atoms with van der Waals surface area (Å²) in [6, 6.07) is 9.55. The van der Waals surface area contributed by atoms with Gasteiger partial charge in [0.1, 0.15) is 0 Å². The lowest BCUT2D eigenvalue weighted by molar-refractivity contribution is 0.572. The van der Waals surface area contributed by atoms with Crippen LogP contribution >= 0.6 is 0 Å². The van der Waals surface area contributed by atoms with Crippen LogP contribution in [-0.4, -0.2) is 13.7 Å². The van der Waals surface area contributed by atoms with Crippen molar-refractivity contribution in [3.8, 4) is 6.07 Å². The van der Waals surface area contributed by atoms with Gasteiger partial charge in [-0.1, -0.05) is 38.1 Å². The molecule has 0 aliphatic carbocycles. The van der Waals surface area contributed by atoms with Crippen LogP contribution in [0, 0.1) is 11.3 Å². The summed E-state index contributed by atoms with van der Waals surface area (Å²) < 4.78 is 26.0. The molecule has 0 aliphatic rings. The summed E-state index contributed by atoms with van der Waals surface area (Å²) in [6.07, 6.45) is 1.25. The van der Waals surface area contributed by atoms with Crippen molar-refractivity contribution in [2.75, 3.05) is 0 Å². The molecule has 1 N–H and O–H groups in total. The average molecular weight is 266 g/mol. The molecular weight excluding hydrogens is 248 g/mol. The Hall–Kier alpha value is -1.38. The second-order valence-electron chi connectivity index (χ2n) is 4.06. The van der Waals surface area contributed by atoms with Crippen molar-refractivity contribution >= 4 is 10.0 Å². The molecule has 0 fully saturated rings. The maximum absolute atomic E-state index is 11.8. The third kappa shape index (κ3) is 3.83. The van der Waals surface area contributed by atoms with E-state index in [9.17, 15) is 8.42 Å². The normalized spacial score (nSPS) is 12.9. The summed E-state index contributed by atoms with van der Waals surface area (Å²) in [5.74, 6) is 0. The summed E-state index contributed by atoms with van der Waals surface area (Å²) >= 11 is 0. The third-order valence-electron chi connectivity index (χ3n) is 2.80. The SMILES string of the molecule is CCc1ccc(CNS(=O)(=O)C(C#N)CC)cc1. The Morgan fingerprint density at radius 3 is 2.22 bits per heavy atom. The standard InChI is InChI=1S/C13H18N2O2S/c1-3-11-5-7-12(8-6-11)10-15-18(16,17)13(4-2)9-14/h5-8,13,15H,3-4,10H2,1-2H3. The highest BCUT2D eigenvalue weighted by atomic mass is 32.2. The molecule has 1 atom stereocenters. The highest BCUT2D eigenvalue weighted by Gasteiger charge is 2.22. The van der Waals surface area contributed by atoms with Crippen molar-refractivity contribution in [3.05, 3.63) is 35.4 Å². The van der Waals surface area contributed by atoms with E-state index in [1.807, 2.05) is 24.3 Å². The van der Waals surface area contributed by atoms with Gasteiger partial charge in [0.25, 0.3) is 0 Å². The number of aryl methyl sites for hydroxylation is 1. The van der Waals surface area contributed by atoms with Crippen LogP contribution in [0.15, 0.2) is 24.3 Å². The topological polar surface area (TPSA) is 70.0 Å². The van der Waals surface area contributed by atoms with Crippen molar-refractivity contribution < 1.29 is 8.42 Å². The molecule has 18 heavy (non-hydrogen) atoms. The molecule has 0 saturated heterocycles. The molecule has 1 unspecified atom stereocenters. The first-order chi connectivity index (χ1) is 8.53. The van der Waals surface area contributed by atoms with Crippen LogP contribution in [0.2, 0.25) is 0 Å². The molecule has 0 saturated carbocycles. The Morgan fingerprint density at radius 1 is 1.22 bits per heavy atom. The summed E-state index contributed by atoms with van der Waals surface area (Å²) in [5, 5.41) is 7.78. The fourth-order valence-corrected chi connectivity index (χ4v) is 2.70. The Morgan fingerprint density at radius 2 is 1.78 bits per heavy atom. The molecule has 4 nitrogen and oxygen atoms in total. The Labute approximate surface area is 109 Å². The highest BCUT2D eigenvalue weighted by molar-refractivity contribution is 7.90. The van der Waals surface area contributed by atoms with Crippen LogP contribution in [-0.2, 0) is 23.0 Å². The summed E-state index contributed by atoms with van der Waals surface area (Å²) in [6.45, 7) is 3.98. The van der Waals surface area contributed by atoms with Gasteiger partial charge in [-0.05, 0) is 24.0 Å². The van der Waals surface area contributed by atoms with Crippen LogP contribution in [0.3, 0.4) is 0 Å². The van der Waals surface area contributed by atoms with Crippen LogP contribution in [0.4, 0.5) is 0 Å². The molecular formula is C13H18N2O2S. The first-order valence-electron chi connectivity index (χ1n) is 5.99. The van der Waals surface area contributed by atoms with E-state index in [0.29, 0.717) is 6.42 Å². The van der Waals surface area contributed by atoms with Crippen molar-refractivity contribution in [1.29, 1.82) is 5.26 Å². The first-order valence-corrected chi connectivity index (χ1v) is 7.54. The number of nitrogens with zero attached hydrogens (tertiary/aromatic N) is 1. The van der Waals surface area contributed by atoms with Crippen molar-refractivity contribution in [3.63, 3.8) is 0 Å². The van der Waals surface area contributed by atoms with Gasteiger partial charge in [-0.3, -0.25) is 0 Å². The van der Waals surface area contributed by atoms with Gasteiger partial charge in [0.05, 0.1) is 6.07 Å². The highest BCUT2D eigenvalue weighted by Crippen LogP contribution is 2.07. The molecule has 0 aliphatic heterocycles. The first kappa shape index (κ1) is 14.7. The van der Waals surface area contributed by atoms with Crippen LogP contribution in [0.25, 0.3) is 0 Å². The number of hydrogen-bond acceptors (Lipinski definition) is 3. The van der Waals surface area contributed by atoms with Gasteiger partial charge in [-0.25, -0.2) is 13.1 Å². The number of rotatable bonds is 6. The minimum Gasteiger partial charge on any atom is -0.211 e. The van der Waals surface area contributed by atoms with E-state index in [1.165, 1.54) is 5.56 Å². The largest absolute Gasteiger partial charge is 0.228 e. The molecule has 0 bridgehead atoms. The number of sulfonamides is 1. The number of hydrogen-bond donors (Lipinski definition) is 1. The van der Waals surface area contributed by atoms with E-state index in [4.69, 9.17) is 5.26 Å². The molecule has 0 amide bonds. The van der Waals surface area contributed by atoms with Gasteiger partial charge in [0.15, 0.2) is 5.25 Å². The van der Waals surface area contributed by atoms with Gasteiger partial charge in [-0.2, -0.15) is 5.26 Å². The van der Waals surface area contributed by atoms with Gasteiger partial charge in [-0.15, -0.1) is 0 Å². The maximum atomic E-state index is 11.8. The van der Waals surface area contributed by atoms with E-state index < -0.39 is 15.3 Å². The van der Waals surface area contributed by atoms with E-state index in [0.717, 1.165) is 12.0 Å². The zero-order valence-electron chi connectivity index (χ0n) is 10.7. The van der Waals surface area contributed by atoms with Crippen molar-refractivity contribution in [1.82, 2.24) is 4.72 Å². The summed E-state index contributed by atoms with van der Waals surface area (Å²) in [5.41, 5.74) is 2.11. The van der Waals surface area contributed by atoms with Gasteiger partial charge < -0.3 is 0 Å². The van der Waals surface area contributed by atoms with Crippen LogP contribution < -0.4 is 4.72 Å². The molecule has 0 heterocycles. The van der Waals surface area contributed by atoms with E-state index in [-0.39, 0.29) is 6.54 Å². The fraction of sp³-hybridized carbons (Fsp3) is 0.462. The Balaban J connectivity index is 2.67. The molecule has 1 rings (SSSR count). The summed E-state index contributed by atoms with van der Waals surface area (Å²) in [7, 11) is -3.55. The Bertz CT molecular complexity index is 515. The monoisotopic (exact) mass is 266 g/mol. The second kappa shape index (κ2) is 6.53. The van der Waals surface area contributed by atoms with Crippen molar-refractivity contribution in [2.24, 2.45) is 0 Å². The van der Waals surface area contributed by atoms with E-state index >= 15 is 0 Å². The maximum Gasteiger partial charge on any atom is 0.228 e. The zero-order chi connectivity index (χ0) is 13.6. The molecule has 1 aromatic rings. The lowest BCUT2D eigenvalue weighted by Crippen LogP contribution is -2.32. The Kier molecular flexibility index (Phi) is 5.32. The minimum atomic E-state index is -3.55. The van der Waals surface area contributed by atoms with E-state index in [2.05, 4.69) is 11.6 Å². The fourth-order valence-electron chi connectivity index (χ4n) is 1.56. The molecule has 0 aromatic heterocycles. The third-order valence-corrected chi connectivity index (χ3v) is 4.53. The van der Waals surface area contributed by atoms with Crippen molar-refractivity contribution in [2.45, 2.75) is 38.5 Å². The predicted molar refractivity (Wildman–Crippen MR) is 71.3 cm³/mol. The van der Waals surface area contributed by atoms with Crippen LogP contribution in [0.5, 0.6) is 0 Å². The quantitative estimate of drug-likeness (QED) is 0.855. The minimum absolute atomic E-state index is 0.227. The lowest BCUT2D eigenvalue weighted by Gasteiger charge is -2.10.